The Morgan fingerprint density at radius 3 is 3.05 bits per heavy atom. The molecule has 1 fully saturated rings. The van der Waals surface area contributed by atoms with E-state index < -0.39 is 0 Å². The number of nitrogens with zero attached hydrogens (tertiary/aromatic N) is 2. The van der Waals surface area contributed by atoms with Crippen LogP contribution in [0.2, 0.25) is 5.02 Å². The summed E-state index contributed by atoms with van der Waals surface area (Å²) >= 11 is 5.76. The van der Waals surface area contributed by atoms with Crippen molar-refractivity contribution >= 4 is 17.4 Å². The van der Waals surface area contributed by atoms with Crippen LogP contribution in [0.25, 0.3) is 0 Å². The molecular weight excluding hydrogens is 265 g/mol. The topological polar surface area (TPSA) is 28.2 Å². The van der Waals surface area contributed by atoms with Crippen LogP contribution in [-0.2, 0) is 0 Å². The molecule has 1 unspecified atom stereocenters. The second-order valence-electron chi connectivity index (χ2n) is 5.12. The first-order valence-electron chi connectivity index (χ1n) is 6.97. The maximum atomic E-state index is 14.0. The van der Waals surface area contributed by atoms with Gasteiger partial charge < -0.3 is 10.2 Å². The first-order valence-corrected chi connectivity index (χ1v) is 7.35. The van der Waals surface area contributed by atoms with Gasteiger partial charge in [0.05, 0.1) is 5.02 Å². The van der Waals surface area contributed by atoms with Crippen molar-refractivity contribution in [2.45, 2.75) is 26.2 Å². The van der Waals surface area contributed by atoms with Crippen LogP contribution < -0.4 is 10.2 Å². The second-order valence-corrected chi connectivity index (χ2v) is 5.55. The van der Waals surface area contributed by atoms with Crippen LogP contribution in [-0.4, -0.2) is 31.2 Å². The smallest absolute Gasteiger partial charge is 0.167 e. The average Bonchev–Trinajstić information content (AvgIpc) is 2.39. The lowest BCUT2D eigenvalue weighted by Crippen LogP contribution is -2.39. The largest absolute Gasteiger partial charge is 0.354 e. The van der Waals surface area contributed by atoms with Crippen LogP contribution in [0.1, 0.15) is 26.2 Å². The molecule has 1 atom stereocenters. The summed E-state index contributed by atoms with van der Waals surface area (Å²) in [5, 5.41) is 3.74. The molecule has 1 N–H and O–H groups in total. The fraction of sp³-hybridized carbons (Fsp3) is 0.643. The lowest BCUT2D eigenvalue weighted by molar-refractivity contribution is 0.375. The van der Waals surface area contributed by atoms with E-state index in [4.69, 9.17) is 11.6 Å². The van der Waals surface area contributed by atoms with E-state index in [0.717, 1.165) is 32.6 Å². The SMILES string of the molecule is CCCN(CC1CCCNC1)c1ncc(Cl)cc1F. The molecule has 1 aromatic rings. The Balaban J connectivity index is 2.09. The maximum absolute atomic E-state index is 14.0. The Bertz CT molecular complexity index is 408. The molecule has 0 radical (unpaired) electrons. The fourth-order valence-corrected chi connectivity index (χ4v) is 2.73. The molecule has 2 heterocycles. The summed E-state index contributed by atoms with van der Waals surface area (Å²) in [7, 11) is 0. The molecule has 2 rings (SSSR count). The van der Waals surface area contributed by atoms with E-state index in [1.165, 1.54) is 25.1 Å². The molecule has 1 aliphatic heterocycles. The number of nitrogens with one attached hydrogen (secondary N) is 1. The Morgan fingerprint density at radius 1 is 1.58 bits per heavy atom. The number of halogens is 2. The van der Waals surface area contributed by atoms with Crippen LogP contribution in [0, 0.1) is 11.7 Å². The van der Waals surface area contributed by atoms with Gasteiger partial charge in [-0.3, -0.25) is 0 Å². The monoisotopic (exact) mass is 285 g/mol. The van der Waals surface area contributed by atoms with Crippen LogP contribution in [0.5, 0.6) is 0 Å². The normalized spacial score (nSPS) is 19.4. The van der Waals surface area contributed by atoms with Gasteiger partial charge in [0.1, 0.15) is 0 Å². The summed E-state index contributed by atoms with van der Waals surface area (Å²) in [5.74, 6) is 0.665. The first-order chi connectivity index (χ1) is 9.20. The van der Waals surface area contributed by atoms with Gasteiger partial charge in [-0.15, -0.1) is 0 Å². The minimum atomic E-state index is -0.329. The van der Waals surface area contributed by atoms with Gasteiger partial charge in [0.25, 0.3) is 0 Å². The highest BCUT2D eigenvalue weighted by atomic mass is 35.5. The van der Waals surface area contributed by atoms with Gasteiger partial charge in [0, 0.05) is 19.3 Å². The summed E-state index contributed by atoms with van der Waals surface area (Å²) in [5.41, 5.74) is 0. The minimum absolute atomic E-state index is 0.329. The number of aromatic nitrogens is 1. The molecule has 19 heavy (non-hydrogen) atoms. The minimum Gasteiger partial charge on any atom is -0.354 e. The zero-order valence-electron chi connectivity index (χ0n) is 11.3. The predicted molar refractivity (Wildman–Crippen MR) is 77.3 cm³/mol. The zero-order valence-corrected chi connectivity index (χ0v) is 12.1. The van der Waals surface area contributed by atoms with Crippen molar-refractivity contribution in [2.24, 2.45) is 5.92 Å². The van der Waals surface area contributed by atoms with Gasteiger partial charge in [-0.25, -0.2) is 9.37 Å². The third-order valence-corrected chi connectivity index (χ3v) is 3.67. The molecular formula is C14H21ClFN3. The molecule has 0 spiro atoms. The summed E-state index contributed by atoms with van der Waals surface area (Å²) in [6.07, 6.45) is 4.88. The molecule has 5 heteroatoms. The van der Waals surface area contributed by atoms with Crippen molar-refractivity contribution < 1.29 is 4.39 Å². The molecule has 0 amide bonds. The van der Waals surface area contributed by atoms with Gasteiger partial charge in [-0.05, 0) is 44.3 Å². The molecule has 1 aliphatic rings. The van der Waals surface area contributed by atoms with Crippen molar-refractivity contribution in [3.05, 3.63) is 23.1 Å². The predicted octanol–water partition coefficient (Wildman–Crippen LogP) is 3.09. The van der Waals surface area contributed by atoms with E-state index in [9.17, 15) is 4.39 Å². The third-order valence-electron chi connectivity index (χ3n) is 3.46. The van der Waals surface area contributed by atoms with Crippen molar-refractivity contribution in [3.8, 4) is 0 Å². The molecule has 0 saturated carbocycles. The summed E-state index contributed by atoms with van der Waals surface area (Å²) < 4.78 is 14.0. The number of anilines is 1. The Hall–Kier alpha value is -0.870. The van der Waals surface area contributed by atoms with Crippen LogP contribution in [0.3, 0.4) is 0 Å². The maximum Gasteiger partial charge on any atom is 0.167 e. The third kappa shape index (κ3) is 4.05. The van der Waals surface area contributed by atoms with Crippen LogP contribution in [0.4, 0.5) is 10.2 Å². The highest BCUT2D eigenvalue weighted by Gasteiger charge is 2.19. The number of hydrogen-bond acceptors (Lipinski definition) is 3. The molecule has 106 valence electrons. The van der Waals surface area contributed by atoms with E-state index in [2.05, 4.69) is 17.2 Å². The average molecular weight is 286 g/mol. The molecule has 1 saturated heterocycles. The van der Waals surface area contributed by atoms with Crippen molar-refractivity contribution in [1.82, 2.24) is 10.3 Å². The summed E-state index contributed by atoms with van der Waals surface area (Å²) in [6.45, 7) is 5.88. The molecule has 0 bridgehead atoms. The molecule has 1 aromatic heterocycles. The van der Waals surface area contributed by atoms with Gasteiger partial charge >= 0.3 is 0 Å². The van der Waals surface area contributed by atoms with Gasteiger partial charge in [0.15, 0.2) is 11.6 Å². The highest BCUT2D eigenvalue weighted by Crippen LogP contribution is 2.22. The Labute approximate surface area is 119 Å². The van der Waals surface area contributed by atoms with E-state index in [-0.39, 0.29) is 5.82 Å². The lowest BCUT2D eigenvalue weighted by atomic mass is 9.99. The van der Waals surface area contributed by atoms with Gasteiger partial charge in [-0.2, -0.15) is 0 Å². The van der Waals surface area contributed by atoms with E-state index in [0.29, 0.717) is 16.8 Å². The molecule has 0 aliphatic carbocycles. The Morgan fingerprint density at radius 2 is 2.42 bits per heavy atom. The highest BCUT2D eigenvalue weighted by molar-refractivity contribution is 6.30. The number of rotatable bonds is 5. The van der Waals surface area contributed by atoms with E-state index in [1.807, 2.05) is 4.90 Å². The van der Waals surface area contributed by atoms with Crippen LogP contribution >= 0.6 is 11.6 Å². The Kier molecular flexibility index (Phi) is 5.40. The van der Waals surface area contributed by atoms with Gasteiger partial charge in [0.2, 0.25) is 0 Å². The van der Waals surface area contributed by atoms with Gasteiger partial charge in [-0.1, -0.05) is 18.5 Å². The quantitative estimate of drug-likeness (QED) is 0.901. The van der Waals surface area contributed by atoms with E-state index >= 15 is 0 Å². The number of hydrogen-bond donors (Lipinski definition) is 1. The molecule has 3 nitrogen and oxygen atoms in total. The zero-order chi connectivity index (χ0) is 13.7. The second kappa shape index (κ2) is 7.06. The fourth-order valence-electron chi connectivity index (χ4n) is 2.59. The van der Waals surface area contributed by atoms with Crippen LogP contribution in [0.15, 0.2) is 12.3 Å². The number of pyridine rings is 1. The van der Waals surface area contributed by atoms with Crippen molar-refractivity contribution in [3.63, 3.8) is 0 Å². The first kappa shape index (κ1) is 14.5. The summed E-state index contributed by atoms with van der Waals surface area (Å²) in [4.78, 5) is 6.21. The van der Waals surface area contributed by atoms with Crippen molar-refractivity contribution in [2.75, 3.05) is 31.1 Å². The summed E-state index contributed by atoms with van der Waals surface area (Å²) in [6, 6.07) is 1.34. The number of piperidine rings is 1. The lowest BCUT2D eigenvalue weighted by Gasteiger charge is -2.31. The standard InChI is InChI=1S/C14H21ClFN3/c1-2-6-19(10-11-4-3-5-17-8-11)14-13(16)7-12(15)9-18-14/h7,9,11,17H,2-6,8,10H2,1H3. The molecule has 0 aromatic carbocycles. The van der Waals surface area contributed by atoms with E-state index in [1.54, 1.807) is 0 Å². The van der Waals surface area contributed by atoms with Crippen molar-refractivity contribution in [1.29, 1.82) is 0 Å².